The average molecular weight is 217 g/mol. The summed E-state index contributed by atoms with van der Waals surface area (Å²) < 4.78 is 13.1. The Hall–Kier alpha value is -1.13. The van der Waals surface area contributed by atoms with Crippen LogP contribution in [0.2, 0.25) is 5.02 Å². The van der Waals surface area contributed by atoms with Crippen molar-refractivity contribution in [3.05, 3.63) is 34.1 Å². The molecule has 0 atom stereocenters. The first-order valence-corrected chi connectivity index (χ1v) is 4.36. The maximum Gasteiger partial charge on any atom is 0.238 e. The number of amides is 1. The predicted octanol–water partition coefficient (Wildman–Crippen LogP) is 1.32. The van der Waals surface area contributed by atoms with Crippen molar-refractivity contribution >= 4 is 17.5 Å². The molecule has 3 nitrogen and oxygen atoms in total. The second-order valence-electron chi connectivity index (χ2n) is 2.94. The first-order chi connectivity index (χ1) is 6.54. The zero-order valence-corrected chi connectivity index (χ0v) is 8.36. The van der Waals surface area contributed by atoms with Gasteiger partial charge in [0, 0.05) is 5.02 Å². The molecule has 0 saturated heterocycles. The van der Waals surface area contributed by atoms with Crippen LogP contribution in [0.15, 0.2) is 12.1 Å². The molecule has 3 N–H and O–H groups in total. The summed E-state index contributed by atoms with van der Waals surface area (Å²) in [4.78, 5) is 10.9. The Morgan fingerprint density at radius 1 is 1.64 bits per heavy atom. The number of aryl methyl sites for hydroxylation is 1. The van der Waals surface area contributed by atoms with Crippen molar-refractivity contribution in [2.45, 2.75) is 13.3 Å². The van der Waals surface area contributed by atoms with Crippen LogP contribution in [0.1, 0.15) is 11.1 Å². The van der Waals surface area contributed by atoms with Crippen molar-refractivity contribution in [1.29, 1.82) is 0 Å². The average Bonchev–Trinajstić information content (AvgIpc) is 2.14. The lowest BCUT2D eigenvalue weighted by Gasteiger charge is -2.05. The van der Waals surface area contributed by atoms with E-state index in [1.807, 2.05) is 5.43 Å². The summed E-state index contributed by atoms with van der Waals surface area (Å²) in [6, 6.07) is 2.73. The van der Waals surface area contributed by atoms with E-state index in [0.717, 1.165) is 0 Å². The van der Waals surface area contributed by atoms with Crippen LogP contribution >= 0.6 is 11.6 Å². The third-order valence-corrected chi connectivity index (χ3v) is 2.19. The third kappa shape index (κ3) is 2.43. The van der Waals surface area contributed by atoms with Gasteiger partial charge >= 0.3 is 0 Å². The Labute approximate surface area is 86.0 Å². The second kappa shape index (κ2) is 4.39. The van der Waals surface area contributed by atoms with Crippen molar-refractivity contribution < 1.29 is 9.18 Å². The van der Waals surface area contributed by atoms with Gasteiger partial charge in [0.25, 0.3) is 0 Å². The number of hydrazine groups is 1. The van der Waals surface area contributed by atoms with Gasteiger partial charge in [0.2, 0.25) is 5.91 Å². The number of nitrogens with one attached hydrogen (secondary N) is 1. The first kappa shape index (κ1) is 10.9. The van der Waals surface area contributed by atoms with Crippen molar-refractivity contribution in [1.82, 2.24) is 5.43 Å². The Bertz CT molecular complexity index is 368. The lowest BCUT2D eigenvalue weighted by atomic mass is 10.1. The van der Waals surface area contributed by atoms with E-state index in [-0.39, 0.29) is 12.2 Å². The summed E-state index contributed by atoms with van der Waals surface area (Å²) in [5.74, 6) is 4.11. The molecule has 1 aromatic carbocycles. The molecule has 1 aromatic rings. The Morgan fingerprint density at radius 3 is 2.86 bits per heavy atom. The van der Waals surface area contributed by atoms with E-state index in [9.17, 15) is 9.18 Å². The monoisotopic (exact) mass is 216 g/mol. The van der Waals surface area contributed by atoms with Crippen LogP contribution in [0.5, 0.6) is 0 Å². The molecular weight excluding hydrogens is 207 g/mol. The molecule has 0 radical (unpaired) electrons. The van der Waals surface area contributed by atoms with Gasteiger partial charge in [-0.15, -0.1) is 0 Å². The summed E-state index contributed by atoms with van der Waals surface area (Å²) >= 11 is 5.82. The highest BCUT2D eigenvalue weighted by atomic mass is 35.5. The third-order valence-electron chi connectivity index (χ3n) is 1.84. The van der Waals surface area contributed by atoms with Crippen molar-refractivity contribution in [3.8, 4) is 0 Å². The minimum atomic E-state index is -0.407. The molecule has 0 fully saturated rings. The van der Waals surface area contributed by atoms with Gasteiger partial charge in [-0.2, -0.15) is 0 Å². The van der Waals surface area contributed by atoms with Gasteiger partial charge in [-0.25, -0.2) is 10.2 Å². The number of nitrogens with two attached hydrogens (primary N) is 1. The number of carbonyl (C=O) groups is 1. The molecule has 1 amide bonds. The first-order valence-electron chi connectivity index (χ1n) is 3.98. The van der Waals surface area contributed by atoms with Crippen LogP contribution in [-0.2, 0) is 11.2 Å². The van der Waals surface area contributed by atoms with E-state index in [1.165, 1.54) is 12.1 Å². The zero-order chi connectivity index (χ0) is 10.7. The quantitative estimate of drug-likeness (QED) is 0.445. The largest absolute Gasteiger partial charge is 0.294 e. The molecule has 0 saturated carbocycles. The summed E-state index contributed by atoms with van der Waals surface area (Å²) in [6.07, 6.45) is -0.0213. The lowest BCUT2D eigenvalue weighted by molar-refractivity contribution is -0.120. The fourth-order valence-corrected chi connectivity index (χ4v) is 1.33. The fraction of sp³-hybridized carbons (Fsp3) is 0.222. The van der Waals surface area contributed by atoms with Crippen LogP contribution in [0, 0.1) is 12.7 Å². The summed E-state index contributed by atoms with van der Waals surface area (Å²) in [7, 11) is 0. The van der Waals surface area contributed by atoms with Crippen LogP contribution < -0.4 is 11.3 Å². The number of hydrogen-bond acceptors (Lipinski definition) is 2. The van der Waals surface area contributed by atoms with Gasteiger partial charge in [-0.05, 0) is 30.2 Å². The maximum atomic E-state index is 13.1. The number of halogens is 2. The minimum absolute atomic E-state index is 0.0213. The van der Waals surface area contributed by atoms with E-state index < -0.39 is 5.91 Å². The van der Waals surface area contributed by atoms with Crippen molar-refractivity contribution in [3.63, 3.8) is 0 Å². The van der Waals surface area contributed by atoms with E-state index in [1.54, 1.807) is 6.92 Å². The van der Waals surface area contributed by atoms with Crippen molar-refractivity contribution in [2.75, 3.05) is 0 Å². The molecule has 0 bridgehead atoms. The van der Waals surface area contributed by atoms with E-state index in [0.29, 0.717) is 16.1 Å². The van der Waals surface area contributed by atoms with Crippen LogP contribution in [0.3, 0.4) is 0 Å². The molecule has 0 aliphatic heterocycles. The van der Waals surface area contributed by atoms with Gasteiger partial charge in [0.05, 0.1) is 6.42 Å². The molecule has 1 rings (SSSR count). The highest BCUT2D eigenvalue weighted by molar-refractivity contribution is 6.31. The second-order valence-corrected chi connectivity index (χ2v) is 3.34. The van der Waals surface area contributed by atoms with Gasteiger partial charge in [-0.3, -0.25) is 10.2 Å². The standard InChI is InChI=1S/C9H10ClFN2O/c1-5-2-7(10)6(3-8(5)11)4-9(14)13-12/h2-3H,4,12H2,1H3,(H,13,14). The molecule has 0 aliphatic rings. The van der Waals surface area contributed by atoms with E-state index in [4.69, 9.17) is 17.4 Å². The SMILES string of the molecule is Cc1cc(Cl)c(CC(=O)NN)cc1F. The number of rotatable bonds is 2. The lowest BCUT2D eigenvalue weighted by Crippen LogP contribution is -2.31. The highest BCUT2D eigenvalue weighted by Gasteiger charge is 2.09. The molecule has 0 heterocycles. The molecule has 0 spiro atoms. The molecule has 76 valence electrons. The minimum Gasteiger partial charge on any atom is -0.294 e. The van der Waals surface area contributed by atoms with Crippen molar-refractivity contribution in [2.24, 2.45) is 5.84 Å². The zero-order valence-electron chi connectivity index (χ0n) is 7.60. The Morgan fingerprint density at radius 2 is 2.29 bits per heavy atom. The molecule has 0 unspecified atom stereocenters. The van der Waals surface area contributed by atoms with Gasteiger partial charge in [0.15, 0.2) is 0 Å². The van der Waals surface area contributed by atoms with Crippen LogP contribution in [0.25, 0.3) is 0 Å². The number of benzene rings is 1. The summed E-state index contributed by atoms with van der Waals surface area (Å²) in [5, 5.41) is 0.368. The van der Waals surface area contributed by atoms with Gasteiger partial charge < -0.3 is 0 Å². The van der Waals surface area contributed by atoms with Crippen LogP contribution in [0.4, 0.5) is 4.39 Å². The Balaban J connectivity index is 2.98. The summed E-state index contributed by atoms with van der Waals surface area (Å²) in [5.41, 5.74) is 2.83. The predicted molar refractivity (Wildman–Crippen MR) is 52.2 cm³/mol. The van der Waals surface area contributed by atoms with E-state index in [2.05, 4.69) is 0 Å². The Kier molecular flexibility index (Phi) is 3.43. The summed E-state index contributed by atoms with van der Waals surface area (Å²) in [6.45, 7) is 1.61. The molecular formula is C9H10ClFN2O. The number of carbonyl (C=O) groups excluding carboxylic acids is 1. The topological polar surface area (TPSA) is 55.1 Å². The van der Waals surface area contributed by atoms with Gasteiger partial charge in [-0.1, -0.05) is 11.6 Å². The smallest absolute Gasteiger partial charge is 0.238 e. The highest BCUT2D eigenvalue weighted by Crippen LogP contribution is 2.20. The fourth-order valence-electron chi connectivity index (χ4n) is 1.05. The van der Waals surface area contributed by atoms with Gasteiger partial charge in [0.1, 0.15) is 5.82 Å². The molecule has 0 aromatic heterocycles. The normalized spacial score (nSPS) is 10.0. The molecule has 0 aliphatic carbocycles. The maximum absolute atomic E-state index is 13.1. The van der Waals surface area contributed by atoms with Crippen LogP contribution in [-0.4, -0.2) is 5.91 Å². The van der Waals surface area contributed by atoms with E-state index >= 15 is 0 Å². The number of hydrogen-bond donors (Lipinski definition) is 2. The molecule has 5 heteroatoms. The molecule has 14 heavy (non-hydrogen) atoms.